The minimum absolute atomic E-state index is 0.424. The predicted octanol–water partition coefficient (Wildman–Crippen LogP) is 1.82. The van der Waals surface area contributed by atoms with Crippen molar-refractivity contribution < 1.29 is 14.2 Å². The van der Waals surface area contributed by atoms with Crippen LogP contribution in [0, 0.1) is 0 Å². The molecule has 6 nitrogen and oxygen atoms in total. The van der Waals surface area contributed by atoms with Gasteiger partial charge in [-0.3, -0.25) is 5.10 Å². The monoisotopic (exact) mass is 263 g/mol. The molecular formula is C13H17N3O3. The van der Waals surface area contributed by atoms with Crippen LogP contribution in [0.15, 0.2) is 18.2 Å². The quantitative estimate of drug-likeness (QED) is 0.859. The summed E-state index contributed by atoms with van der Waals surface area (Å²) < 4.78 is 15.9. The van der Waals surface area contributed by atoms with Crippen molar-refractivity contribution in [1.82, 2.24) is 10.2 Å². The van der Waals surface area contributed by atoms with E-state index < -0.39 is 0 Å². The molecule has 1 heterocycles. The Bertz CT molecular complexity index is 566. The summed E-state index contributed by atoms with van der Waals surface area (Å²) in [7, 11) is 4.83. The highest BCUT2D eigenvalue weighted by Crippen LogP contribution is 2.39. The first-order valence-electron chi connectivity index (χ1n) is 5.74. The Morgan fingerprint density at radius 3 is 2.47 bits per heavy atom. The molecule has 0 aliphatic rings. The van der Waals surface area contributed by atoms with Crippen molar-refractivity contribution >= 4 is 5.82 Å². The number of aromatic nitrogens is 2. The number of rotatable bonds is 5. The number of hydrogen-bond acceptors (Lipinski definition) is 5. The van der Waals surface area contributed by atoms with E-state index in [9.17, 15) is 0 Å². The van der Waals surface area contributed by atoms with E-state index in [1.54, 1.807) is 27.4 Å². The zero-order chi connectivity index (χ0) is 13.8. The molecule has 6 heteroatoms. The van der Waals surface area contributed by atoms with Crippen LogP contribution in [-0.4, -0.2) is 31.5 Å². The summed E-state index contributed by atoms with van der Waals surface area (Å²) in [6, 6.07) is 5.58. The number of nitrogen functional groups attached to an aromatic ring is 1. The topological polar surface area (TPSA) is 82.4 Å². The van der Waals surface area contributed by atoms with Gasteiger partial charge in [0.25, 0.3) is 0 Å². The van der Waals surface area contributed by atoms with Crippen molar-refractivity contribution in [2.45, 2.75) is 6.61 Å². The van der Waals surface area contributed by atoms with Crippen molar-refractivity contribution in [3.05, 3.63) is 23.8 Å². The lowest BCUT2D eigenvalue weighted by molar-refractivity contribution is 0.184. The van der Waals surface area contributed by atoms with E-state index in [0.29, 0.717) is 23.9 Å². The summed E-state index contributed by atoms with van der Waals surface area (Å²) >= 11 is 0. The lowest BCUT2D eigenvalue weighted by Gasteiger charge is -2.14. The summed E-state index contributed by atoms with van der Waals surface area (Å²) in [4.78, 5) is 0. The molecule has 0 aliphatic carbocycles. The minimum atomic E-state index is 0.424. The normalized spacial score (nSPS) is 10.5. The number of aromatic amines is 1. The van der Waals surface area contributed by atoms with Gasteiger partial charge in [-0.2, -0.15) is 5.10 Å². The molecule has 0 aliphatic heterocycles. The molecule has 0 atom stereocenters. The van der Waals surface area contributed by atoms with Crippen LogP contribution < -0.4 is 15.2 Å². The van der Waals surface area contributed by atoms with Gasteiger partial charge in [-0.05, 0) is 17.7 Å². The number of nitrogens with zero attached hydrogens (tertiary/aromatic N) is 1. The summed E-state index contributed by atoms with van der Waals surface area (Å²) in [6.45, 7) is 0.483. The molecule has 0 spiro atoms. The SMILES string of the molecule is COCc1cc(OC)c(OC)c(-c2cc(N)n[nH]2)c1. The van der Waals surface area contributed by atoms with E-state index in [1.165, 1.54) is 0 Å². The largest absolute Gasteiger partial charge is 0.493 e. The second-order valence-electron chi connectivity index (χ2n) is 4.02. The van der Waals surface area contributed by atoms with Gasteiger partial charge in [-0.25, -0.2) is 0 Å². The predicted molar refractivity (Wildman–Crippen MR) is 72.3 cm³/mol. The highest BCUT2D eigenvalue weighted by molar-refractivity contribution is 5.73. The van der Waals surface area contributed by atoms with Crippen molar-refractivity contribution in [3.8, 4) is 22.8 Å². The van der Waals surface area contributed by atoms with Crippen LogP contribution in [-0.2, 0) is 11.3 Å². The Labute approximate surface area is 111 Å². The number of nitrogens with two attached hydrogens (primary N) is 1. The first-order valence-corrected chi connectivity index (χ1v) is 5.74. The average Bonchev–Trinajstić information content (AvgIpc) is 2.84. The molecule has 102 valence electrons. The lowest BCUT2D eigenvalue weighted by Crippen LogP contribution is -1.97. The van der Waals surface area contributed by atoms with Gasteiger partial charge < -0.3 is 19.9 Å². The second-order valence-corrected chi connectivity index (χ2v) is 4.02. The Morgan fingerprint density at radius 2 is 1.95 bits per heavy atom. The summed E-state index contributed by atoms with van der Waals surface area (Å²) in [5.74, 6) is 1.69. The van der Waals surface area contributed by atoms with E-state index >= 15 is 0 Å². The number of anilines is 1. The van der Waals surface area contributed by atoms with E-state index in [1.807, 2.05) is 12.1 Å². The molecule has 0 saturated heterocycles. The van der Waals surface area contributed by atoms with Gasteiger partial charge >= 0.3 is 0 Å². The van der Waals surface area contributed by atoms with Crippen LogP contribution in [0.3, 0.4) is 0 Å². The fourth-order valence-electron chi connectivity index (χ4n) is 1.95. The molecule has 0 saturated carbocycles. The molecule has 1 aromatic heterocycles. The summed E-state index contributed by atoms with van der Waals surface area (Å²) in [5, 5.41) is 6.79. The maximum absolute atomic E-state index is 5.64. The summed E-state index contributed by atoms with van der Waals surface area (Å²) in [6.07, 6.45) is 0. The molecule has 0 fully saturated rings. The van der Waals surface area contributed by atoms with Gasteiger partial charge in [0.1, 0.15) is 5.82 Å². The van der Waals surface area contributed by atoms with Gasteiger partial charge in [0.15, 0.2) is 11.5 Å². The third kappa shape index (κ3) is 2.63. The molecule has 2 aromatic rings. The van der Waals surface area contributed by atoms with E-state index in [4.69, 9.17) is 19.9 Å². The van der Waals surface area contributed by atoms with E-state index in [-0.39, 0.29) is 0 Å². The highest BCUT2D eigenvalue weighted by Gasteiger charge is 2.15. The Kier molecular flexibility index (Phi) is 3.91. The third-order valence-electron chi connectivity index (χ3n) is 2.74. The standard InChI is InChI=1S/C13H17N3O3/c1-17-7-8-4-9(10-6-12(14)16-15-10)13(19-3)11(5-8)18-2/h4-6H,7H2,1-3H3,(H3,14,15,16). The average molecular weight is 263 g/mol. The maximum atomic E-state index is 5.64. The zero-order valence-corrected chi connectivity index (χ0v) is 11.2. The van der Waals surface area contributed by atoms with Crippen molar-refractivity contribution in [3.63, 3.8) is 0 Å². The fraction of sp³-hybridized carbons (Fsp3) is 0.308. The zero-order valence-electron chi connectivity index (χ0n) is 11.2. The number of hydrogen-bond donors (Lipinski definition) is 2. The number of benzene rings is 1. The van der Waals surface area contributed by atoms with Crippen LogP contribution in [0.25, 0.3) is 11.3 Å². The molecule has 0 unspecified atom stereocenters. The van der Waals surface area contributed by atoms with E-state index in [0.717, 1.165) is 16.8 Å². The Hall–Kier alpha value is -2.21. The van der Waals surface area contributed by atoms with Gasteiger partial charge in [0.2, 0.25) is 0 Å². The first-order chi connectivity index (χ1) is 9.19. The molecule has 1 aromatic carbocycles. The Morgan fingerprint density at radius 1 is 1.16 bits per heavy atom. The fourth-order valence-corrected chi connectivity index (χ4v) is 1.95. The molecular weight excluding hydrogens is 246 g/mol. The van der Waals surface area contributed by atoms with Gasteiger partial charge in [-0.1, -0.05) is 0 Å². The number of nitrogens with one attached hydrogen (secondary N) is 1. The van der Waals surface area contributed by atoms with Crippen LogP contribution in [0.4, 0.5) is 5.82 Å². The van der Waals surface area contributed by atoms with Crippen molar-refractivity contribution in [1.29, 1.82) is 0 Å². The number of methoxy groups -OCH3 is 3. The smallest absolute Gasteiger partial charge is 0.170 e. The van der Waals surface area contributed by atoms with Crippen LogP contribution >= 0.6 is 0 Å². The van der Waals surface area contributed by atoms with Crippen molar-refractivity contribution in [2.75, 3.05) is 27.1 Å². The van der Waals surface area contributed by atoms with Crippen LogP contribution in [0.5, 0.6) is 11.5 Å². The molecule has 2 rings (SSSR count). The lowest BCUT2D eigenvalue weighted by atomic mass is 10.1. The highest BCUT2D eigenvalue weighted by atomic mass is 16.5. The van der Waals surface area contributed by atoms with Gasteiger partial charge in [-0.15, -0.1) is 0 Å². The molecule has 3 N–H and O–H groups in total. The third-order valence-corrected chi connectivity index (χ3v) is 2.74. The minimum Gasteiger partial charge on any atom is -0.493 e. The Balaban J connectivity index is 2.58. The van der Waals surface area contributed by atoms with Crippen LogP contribution in [0.1, 0.15) is 5.56 Å². The van der Waals surface area contributed by atoms with E-state index in [2.05, 4.69) is 10.2 Å². The number of ether oxygens (including phenoxy) is 3. The van der Waals surface area contributed by atoms with Gasteiger partial charge in [0.05, 0.1) is 26.5 Å². The molecule has 0 radical (unpaired) electrons. The first kappa shape index (κ1) is 13.2. The molecule has 0 bridgehead atoms. The van der Waals surface area contributed by atoms with Crippen LogP contribution in [0.2, 0.25) is 0 Å². The molecule has 0 amide bonds. The second kappa shape index (κ2) is 5.62. The summed E-state index contributed by atoms with van der Waals surface area (Å²) in [5.41, 5.74) is 8.21. The maximum Gasteiger partial charge on any atom is 0.170 e. The molecule has 19 heavy (non-hydrogen) atoms. The van der Waals surface area contributed by atoms with Crippen molar-refractivity contribution in [2.24, 2.45) is 0 Å². The van der Waals surface area contributed by atoms with Gasteiger partial charge in [0, 0.05) is 18.7 Å². The number of H-pyrrole nitrogens is 1.